The normalized spacial score (nSPS) is 19.1. The number of esters is 1. The van der Waals surface area contributed by atoms with E-state index in [4.69, 9.17) is 9.47 Å². The maximum Gasteiger partial charge on any atom is 0.337 e. The number of piperazine rings is 1. The average Bonchev–Trinajstić information content (AvgIpc) is 2.91. The first-order chi connectivity index (χ1) is 13.8. The van der Waals surface area contributed by atoms with E-state index in [2.05, 4.69) is 34.5 Å². The average molecular weight is 399 g/mol. The van der Waals surface area contributed by atoms with Gasteiger partial charge in [-0.1, -0.05) is 24.3 Å². The number of ether oxygens (including phenoxy) is 2. The fourth-order valence-electron chi connectivity index (χ4n) is 3.79. The molecule has 28 heavy (non-hydrogen) atoms. The minimum Gasteiger partial charge on any atom is -0.489 e. The van der Waals surface area contributed by atoms with Crippen molar-refractivity contribution in [1.29, 1.82) is 0 Å². The third-order valence-corrected chi connectivity index (χ3v) is 6.60. The molecule has 1 atom stereocenters. The Hall–Kier alpha value is -2.02. The van der Waals surface area contributed by atoms with Crippen LogP contribution < -0.4 is 10.1 Å². The Labute approximate surface area is 170 Å². The number of hydrogen-bond acceptors (Lipinski definition) is 6. The molecular formula is C22H26N2O3S. The van der Waals surface area contributed by atoms with E-state index in [1.54, 1.807) is 6.07 Å². The highest BCUT2D eigenvalue weighted by molar-refractivity contribution is 7.99. The number of nitrogens with zero attached hydrogens (tertiary/aromatic N) is 1. The molecule has 0 aromatic heterocycles. The van der Waals surface area contributed by atoms with Crippen LogP contribution in [0.1, 0.15) is 32.3 Å². The van der Waals surface area contributed by atoms with Crippen LogP contribution in [0.3, 0.4) is 0 Å². The summed E-state index contributed by atoms with van der Waals surface area (Å²) in [7, 11) is 1.42. The molecule has 0 aliphatic carbocycles. The highest BCUT2D eigenvalue weighted by Gasteiger charge is 2.26. The van der Waals surface area contributed by atoms with Gasteiger partial charge in [0.25, 0.3) is 0 Å². The highest BCUT2D eigenvalue weighted by Crippen LogP contribution is 2.44. The molecule has 1 unspecified atom stereocenters. The molecule has 2 aliphatic heterocycles. The molecule has 148 valence electrons. The van der Waals surface area contributed by atoms with Gasteiger partial charge in [-0.2, -0.15) is 0 Å². The van der Waals surface area contributed by atoms with Crippen LogP contribution in [0.2, 0.25) is 0 Å². The second-order valence-corrected chi connectivity index (χ2v) is 8.29. The molecule has 1 N–H and O–H groups in total. The molecule has 1 saturated heterocycles. The standard InChI is InChI=1S/C22H26N2O3S/c1-26-22(25)16-6-7-20-19(14-16)21(18-5-3-2-4-17(18)15-27-20)28-13-12-24-10-8-23-9-11-24/h2-7,14,21,23H,8-13,15H2,1H3. The molecule has 0 radical (unpaired) electrons. The van der Waals surface area contributed by atoms with Crippen LogP contribution in [0, 0.1) is 0 Å². The third kappa shape index (κ3) is 4.19. The molecule has 0 spiro atoms. The largest absolute Gasteiger partial charge is 0.489 e. The lowest BCUT2D eigenvalue weighted by atomic mass is 9.98. The third-order valence-electron chi connectivity index (χ3n) is 5.34. The van der Waals surface area contributed by atoms with E-state index in [9.17, 15) is 4.79 Å². The van der Waals surface area contributed by atoms with Gasteiger partial charge in [0.2, 0.25) is 0 Å². The molecule has 2 aliphatic rings. The van der Waals surface area contributed by atoms with Gasteiger partial charge in [0.05, 0.1) is 17.9 Å². The van der Waals surface area contributed by atoms with E-state index in [0.717, 1.165) is 49.8 Å². The van der Waals surface area contributed by atoms with Crippen LogP contribution in [-0.4, -0.2) is 56.5 Å². The predicted octanol–water partition coefficient (Wildman–Crippen LogP) is 3.09. The Morgan fingerprint density at radius 2 is 2.04 bits per heavy atom. The minimum atomic E-state index is -0.315. The lowest BCUT2D eigenvalue weighted by Gasteiger charge is -2.28. The summed E-state index contributed by atoms with van der Waals surface area (Å²) in [6.07, 6.45) is 0. The van der Waals surface area contributed by atoms with Gasteiger partial charge in [-0.15, -0.1) is 11.8 Å². The molecule has 5 nitrogen and oxygen atoms in total. The molecule has 2 aromatic rings. The Morgan fingerprint density at radius 3 is 2.86 bits per heavy atom. The smallest absolute Gasteiger partial charge is 0.337 e. The van der Waals surface area contributed by atoms with E-state index >= 15 is 0 Å². The molecule has 4 rings (SSSR count). The summed E-state index contributed by atoms with van der Waals surface area (Å²) in [5.74, 6) is 1.56. The molecule has 6 heteroatoms. The summed E-state index contributed by atoms with van der Waals surface area (Å²) in [5, 5.41) is 3.54. The van der Waals surface area contributed by atoms with E-state index < -0.39 is 0 Å². The Balaban J connectivity index is 1.61. The van der Waals surface area contributed by atoms with Gasteiger partial charge in [0.1, 0.15) is 12.4 Å². The number of rotatable bonds is 5. The van der Waals surface area contributed by atoms with Crippen LogP contribution in [0.4, 0.5) is 0 Å². The number of hydrogen-bond donors (Lipinski definition) is 1. The second kappa shape index (κ2) is 8.99. The minimum absolute atomic E-state index is 0.140. The molecular weight excluding hydrogens is 372 g/mol. The van der Waals surface area contributed by atoms with Crippen molar-refractivity contribution in [1.82, 2.24) is 10.2 Å². The van der Waals surface area contributed by atoms with Gasteiger partial charge in [-0.3, -0.25) is 4.90 Å². The molecule has 0 saturated carbocycles. The van der Waals surface area contributed by atoms with Crippen molar-refractivity contribution in [2.24, 2.45) is 0 Å². The SMILES string of the molecule is COC(=O)c1ccc2c(c1)C(SCCN1CCNCC1)c1ccccc1CO2. The van der Waals surface area contributed by atoms with Gasteiger partial charge in [0, 0.05) is 44.0 Å². The van der Waals surface area contributed by atoms with Crippen LogP contribution in [0.15, 0.2) is 42.5 Å². The maximum absolute atomic E-state index is 12.1. The fourth-order valence-corrected chi connectivity index (χ4v) is 5.16. The Morgan fingerprint density at radius 1 is 1.21 bits per heavy atom. The summed E-state index contributed by atoms with van der Waals surface area (Å²) in [6.45, 7) is 5.96. The summed E-state index contributed by atoms with van der Waals surface area (Å²) in [4.78, 5) is 14.6. The van der Waals surface area contributed by atoms with Crippen molar-refractivity contribution in [3.63, 3.8) is 0 Å². The lowest BCUT2D eigenvalue weighted by Crippen LogP contribution is -2.44. The highest BCUT2D eigenvalue weighted by atomic mass is 32.2. The van der Waals surface area contributed by atoms with E-state index in [-0.39, 0.29) is 11.2 Å². The first-order valence-electron chi connectivity index (χ1n) is 9.74. The van der Waals surface area contributed by atoms with Crippen molar-refractivity contribution in [2.45, 2.75) is 11.9 Å². The first kappa shape index (κ1) is 19.3. The van der Waals surface area contributed by atoms with Crippen LogP contribution in [0.5, 0.6) is 5.75 Å². The molecule has 0 bridgehead atoms. The molecule has 1 fully saturated rings. The number of thioether (sulfide) groups is 1. The van der Waals surface area contributed by atoms with E-state index in [1.165, 1.54) is 18.2 Å². The lowest BCUT2D eigenvalue weighted by molar-refractivity contribution is 0.0600. The van der Waals surface area contributed by atoms with Gasteiger partial charge in [0.15, 0.2) is 0 Å². The fraction of sp³-hybridized carbons (Fsp3) is 0.409. The zero-order chi connectivity index (χ0) is 19.3. The Bertz CT molecular complexity index is 836. The van der Waals surface area contributed by atoms with Gasteiger partial charge in [-0.05, 0) is 29.3 Å². The van der Waals surface area contributed by atoms with Crippen LogP contribution >= 0.6 is 11.8 Å². The summed E-state index contributed by atoms with van der Waals surface area (Å²) >= 11 is 1.92. The zero-order valence-corrected chi connectivity index (χ0v) is 17.0. The maximum atomic E-state index is 12.1. The van der Waals surface area contributed by atoms with E-state index in [0.29, 0.717) is 12.2 Å². The summed E-state index contributed by atoms with van der Waals surface area (Å²) < 4.78 is 11.0. The summed E-state index contributed by atoms with van der Waals surface area (Å²) in [5.41, 5.74) is 4.10. The number of fused-ring (bicyclic) bond motifs is 2. The second-order valence-electron chi connectivity index (χ2n) is 7.07. The van der Waals surface area contributed by atoms with Crippen molar-refractivity contribution in [3.05, 3.63) is 64.7 Å². The number of nitrogens with one attached hydrogen (secondary N) is 1. The zero-order valence-electron chi connectivity index (χ0n) is 16.1. The van der Waals surface area contributed by atoms with Gasteiger partial charge in [-0.25, -0.2) is 4.79 Å². The number of benzene rings is 2. The first-order valence-corrected chi connectivity index (χ1v) is 10.8. The van der Waals surface area contributed by atoms with Crippen molar-refractivity contribution in [2.75, 3.05) is 45.6 Å². The topological polar surface area (TPSA) is 50.8 Å². The summed E-state index contributed by atoms with van der Waals surface area (Å²) in [6, 6.07) is 14.1. The van der Waals surface area contributed by atoms with Gasteiger partial charge < -0.3 is 14.8 Å². The molecule has 2 heterocycles. The van der Waals surface area contributed by atoms with Crippen LogP contribution in [0.25, 0.3) is 0 Å². The molecule has 2 aromatic carbocycles. The predicted molar refractivity (Wildman–Crippen MR) is 112 cm³/mol. The monoisotopic (exact) mass is 398 g/mol. The van der Waals surface area contributed by atoms with E-state index in [1.807, 2.05) is 23.9 Å². The molecule has 0 amide bonds. The van der Waals surface area contributed by atoms with Crippen molar-refractivity contribution in [3.8, 4) is 5.75 Å². The van der Waals surface area contributed by atoms with Crippen molar-refractivity contribution >= 4 is 17.7 Å². The quantitative estimate of drug-likeness (QED) is 0.781. The number of methoxy groups -OCH3 is 1. The van der Waals surface area contributed by atoms with Crippen molar-refractivity contribution < 1.29 is 14.3 Å². The van der Waals surface area contributed by atoms with Crippen LogP contribution in [-0.2, 0) is 11.3 Å². The number of carbonyl (C=O) groups excluding carboxylic acids is 1. The number of carbonyl (C=O) groups is 1. The Kier molecular flexibility index (Phi) is 6.20. The van der Waals surface area contributed by atoms with Gasteiger partial charge >= 0.3 is 5.97 Å².